The van der Waals surface area contributed by atoms with Gasteiger partial charge < -0.3 is 5.73 Å². The third-order valence-electron chi connectivity index (χ3n) is 1.62. The van der Waals surface area contributed by atoms with Crippen LogP contribution < -0.4 is 5.73 Å². The lowest BCUT2D eigenvalue weighted by atomic mass is 10.2. The third-order valence-corrected chi connectivity index (χ3v) is 1.62. The summed E-state index contributed by atoms with van der Waals surface area (Å²) in [5, 5.41) is 0. The van der Waals surface area contributed by atoms with Crippen molar-refractivity contribution >= 4 is 12.1 Å². The van der Waals surface area contributed by atoms with Crippen molar-refractivity contribution in [3.63, 3.8) is 0 Å². The van der Waals surface area contributed by atoms with Crippen molar-refractivity contribution in [2.45, 2.75) is 6.54 Å². The first kappa shape index (κ1) is 10.4. The van der Waals surface area contributed by atoms with Crippen LogP contribution in [-0.2, 0) is 6.54 Å². The van der Waals surface area contributed by atoms with E-state index in [1.54, 1.807) is 19.2 Å². The molecule has 0 saturated carbocycles. The standard InChI is InChI=1S/C10H12FN3/c1-13-7-10(12)14-6-8-2-4-9(11)5-3-8/h2-5,7H,6H2,1H3,(H2,12,14). The van der Waals surface area contributed by atoms with Crippen LogP contribution in [0.25, 0.3) is 0 Å². The van der Waals surface area contributed by atoms with Crippen LogP contribution in [0.4, 0.5) is 4.39 Å². The van der Waals surface area contributed by atoms with Gasteiger partial charge in [-0.2, -0.15) is 0 Å². The first-order valence-electron chi connectivity index (χ1n) is 4.19. The van der Waals surface area contributed by atoms with Gasteiger partial charge in [0.25, 0.3) is 0 Å². The molecule has 0 heterocycles. The molecule has 1 aromatic carbocycles. The zero-order chi connectivity index (χ0) is 10.4. The zero-order valence-corrected chi connectivity index (χ0v) is 7.94. The summed E-state index contributed by atoms with van der Waals surface area (Å²) in [5.41, 5.74) is 6.40. The van der Waals surface area contributed by atoms with Crippen molar-refractivity contribution in [1.29, 1.82) is 0 Å². The average Bonchev–Trinajstić information content (AvgIpc) is 2.17. The highest BCUT2D eigenvalue weighted by Gasteiger charge is 1.92. The van der Waals surface area contributed by atoms with Gasteiger partial charge in [-0.3, -0.25) is 9.98 Å². The molecule has 0 amide bonds. The Balaban J connectivity index is 2.61. The van der Waals surface area contributed by atoms with Crippen molar-refractivity contribution < 1.29 is 4.39 Å². The number of amidine groups is 1. The van der Waals surface area contributed by atoms with E-state index in [0.717, 1.165) is 5.56 Å². The predicted octanol–water partition coefficient (Wildman–Crippen LogP) is 1.38. The van der Waals surface area contributed by atoms with Gasteiger partial charge in [0.15, 0.2) is 0 Å². The van der Waals surface area contributed by atoms with E-state index in [0.29, 0.717) is 12.4 Å². The molecular weight excluding hydrogens is 181 g/mol. The van der Waals surface area contributed by atoms with Crippen LogP contribution in [0.5, 0.6) is 0 Å². The lowest BCUT2D eigenvalue weighted by Crippen LogP contribution is -2.13. The minimum Gasteiger partial charge on any atom is -0.383 e. The second-order valence-corrected chi connectivity index (χ2v) is 2.75. The summed E-state index contributed by atoms with van der Waals surface area (Å²) in [4.78, 5) is 7.76. The summed E-state index contributed by atoms with van der Waals surface area (Å²) in [5.74, 6) is 0.123. The molecule has 3 nitrogen and oxygen atoms in total. The van der Waals surface area contributed by atoms with Gasteiger partial charge in [-0.1, -0.05) is 12.1 Å². The van der Waals surface area contributed by atoms with Gasteiger partial charge in [0.1, 0.15) is 11.7 Å². The van der Waals surface area contributed by atoms with Gasteiger partial charge in [-0.05, 0) is 17.7 Å². The Morgan fingerprint density at radius 3 is 2.64 bits per heavy atom. The highest BCUT2D eigenvalue weighted by molar-refractivity contribution is 6.28. The Hall–Kier alpha value is -1.71. The van der Waals surface area contributed by atoms with Gasteiger partial charge in [0, 0.05) is 7.05 Å². The number of nitrogens with zero attached hydrogens (tertiary/aromatic N) is 2. The molecule has 0 aliphatic rings. The smallest absolute Gasteiger partial charge is 0.136 e. The number of rotatable bonds is 3. The predicted molar refractivity (Wildman–Crippen MR) is 56.1 cm³/mol. The van der Waals surface area contributed by atoms with Gasteiger partial charge in [-0.25, -0.2) is 4.39 Å². The summed E-state index contributed by atoms with van der Waals surface area (Å²) in [7, 11) is 1.63. The van der Waals surface area contributed by atoms with Crippen LogP contribution >= 0.6 is 0 Å². The molecule has 0 bridgehead atoms. The van der Waals surface area contributed by atoms with Crippen molar-refractivity contribution in [2.75, 3.05) is 7.05 Å². The summed E-state index contributed by atoms with van der Waals surface area (Å²) in [6, 6.07) is 6.15. The number of nitrogens with two attached hydrogens (primary N) is 1. The van der Waals surface area contributed by atoms with E-state index < -0.39 is 0 Å². The van der Waals surface area contributed by atoms with Gasteiger partial charge >= 0.3 is 0 Å². The molecule has 2 N–H and O–H groups in total. The maximum Gasteiger partial charge on any atom is 0.136 e. The molecule has 14 heavy (non-hydrogen) atoms. The van der Waals surface area contributed by atoms with Gasteiger partial charge in [0.2, 0.25) is 0 Å². The van der Waals surface area contributed by atoms with E-state index in [2.05, 4.69) is 9.98 Å². The van der Waals surface area contributed by atoms with Crippen molar-refractivity contribution in [2.24, 2.45) is 15.7 Å². The zero-order valence-electron chi connectivity index (χ0n) is 7.94. The molecule has 0 saturated heterocycles. The van der Waals surface area contributed by atoms with Crippen LogP contribution in [0.15, 0.2) is 34.3 Å². The maximum atomic E-state index is 12.5. The number of aliphatic imine (C=N–C) groups is 2. The number of hydrogen-bond donors (Lipinski definition) is 1. The molecule has 0 atom stereocenters. The van der Waals surface area contributed by atoms with Crippen LogP contribution in [0.3, 0.4) is 0 Å². The Labute approximate surface area is 82.2 Å². The lowest BCUT2D eigenvalue weighted by molar-refractivity contribution is 0.627. The fraction of sp³-hybridized carbons (Fsp3) is 0.200. The van der Waals surface area contributed by atoms with E-state index in [1.165, 1.54) is 18.3 Å². The molecule has 0 aliphatic heterocycles. The van der Waals surface area contributed by atoms with Crippen LogP contribution in [0.2, 0.25) is 0 Å². The Morgan fingerprint density at radius 2 is 2.07 bits per heavy atom. The number of benzene rings is 1. The highest BCUT2D eigenvalue weighted by atomic mass is 19.1. The van der Waals surface area contributed by atoms with E-state index in [-0.39, 0.29) is 5.82 Å². The molecule has 4 heteroatoms. The summed E-state index contributed by atoms with van der Waals surface area (Å²) < 4.78 is 12.5. The molecule has 0 spiro atoms. The highest BCUT2D eigenvalue weighted by Crippen LogP contribution is 2.03. The largest absolute Gasteiger partial charge is 0.383 e. The second kappa shape index (κ2) is 5.11. The Morgan fingerprint density at radius 1 is 1.43 bits per heavy atom. The number of hydrogen-bond acceptors (Lipinski definition) is 2. The minimum atomic E-state index is -0.249. The summed E-state index contributed by atoms with van der Waals surface area (Å²) in [6.07, 6.45) is 1.48. The molecule has 1 aromatic rings. The summed E-state index contributed by atoms with van der Waals surface area (Å²) >= 11 is 0. The molecule has 0 aromatic heterocycles. The fourth-order valence-electron chi connectivity index (χ4n) is 0.945. The molecule has 0 radical (unpaired) electrons. The first-order valence-corrected chi connectivity index (χ1v) is 4.19. The van der Waals surface area contributed by atoms with Crippen LogP contribution in [0.1, 0.15) is 5.56 Å². The maximum absolute atomic E-state index is 12.5. The summed E-state index contributed by atoms with van der Waals surface area (Å²) in [6.45, 7) is 0.443. The van der Waals surface area contributed by atoms with E-state index in [9.17, 15) is 4.39 Å². The van der Waals surface area contributed by atoms with E-state index in [1.807, 2.05) is 0 Å². The van der Waals surface area contributed by atoms with Gasteiger partial charge in [0.05, 0.1) is 12.8 Å². The molecule has 0 aliphatic carbocycles. The molecule has 74 valence electrons. The monoisotopic (exact) mass is 193 g/mol. The van der Waals surface area contributed by atoms with Crippen molar-refractivity contribution in [1.82, 2.24) is 0 Å². The second-order valence-electron chi connectivity index (χ2n) is 2.75. The normalized spacial score (nSPS) is 12.3. The molecule has 0 fully saturated rings. The third kappa shape index (κ3) is 3.35. The SMILES string of the molecule is CN=CC(N)=NCc1ccc(F)cc1. The van der Waals surface area contributed by atoms with Gasteiger partial charge in [-0.15, -0.1) is 0 Å². The van der Waals surface area contributed by atoms with Crippen LogP contribution in [-0.4, -0.2) is 19.1 Å². The quantitative estimate of drug-likeness (QED) is 0.572. The van der Waals surface area contributed by atoms with Crippen molar-refractivity contribution in [3.05, 3.63) is 35.6 Å². The number of halogens is 1. The average molecular weight is 193 g/mol. The van der Waals surface area contributed by atoms with E-state index in [4.69, 9.17) is 5.73 Å². The molecular formula is C10H12FN3. The van der Waals surface area contributed by atoms with Crippen LogP contribution in [0, 0.1) is 5.82 Å². The van der Waals surface area contributed by atoms with E-state index >= 15 is 0 Å². The Kier molecular flexibility index (Phi) is 3.79. The Bertz CT molecular complexity index is 341. The topological polar surface area (TPSA) is 50.7 Å². The van der Waals surface area contributed by atoms with Crippen molar-refractivity contribution in [3.8, 4) is 0 Å². The lowest BCUT2D eigenvalue weighted by Gasteiger charge is -1.96. The molecule has 1 rings (SSSR count). The minimum absolute atomic E-state index is 0.249. The first-order chi connectivity index (χ1) is 6.72. The molecule has 0 unspecified atom stereocenters. The fourth-order valence-corrected chi connectivity index (χ4v) is 0.945.